The molecule has 1 aliphatic heterocycles. The van der Waals surface area contributed by atoms with Gasteiger partial charge in [0.25, 0.3) is 0 Å². The van der Waals surface area contributed by atoms with E-state index in [9.17, 15) is 0 Å². The van der Waals surface area contributed by atoms with Gasteiger partial charge >= 0.3 is 0 Å². The van der Waals surface area contributed by atoms with Crippen molar-refractivity contribution < 1.29 is 9.47 Å². The van der Waals surface area contributed by atoms with Crippen LogP contribution in [0.25, 0.3) is 33.5 Å². The molecule has 5 nitrogen and oxygen atoms in total. The van der Waals surface area contributed by atoms with E-state index in [1.807, 2.05) is 36.4 Å². The Hall–Kier alpha value is -6.37. The van der Waals surface area contributed by atoms with Crippen LogP contribution < -0.4 is 30.2 Å². The molecule has 0 amide bonds. The molecule has 0 aliphatic carbocycles. The Kier molecular flexibility index (Phi) is 6.13. The highest BCUT2D eigenvalue weighted by atomic mass is 28.3. The highest BCUT2D eigenvalue weighted by Gasteiger charge is 2.45. The van der Waals surface area contributed by atoms with E-state index in [1.54, 1.807) is 0 Å². The van der Waals surface area contributed by atoms with Gasteiger partial charge in [-0.15, -0.1) is 0 Å². The third-order valence-electron chi connectivity index (χ3n) is 9.72. The van der Waals surface area contributed by atoms with Gasteiger partial charge in [0.2, 0.25) is 5.78 Å². The van der Waals surface area contributed by atoms with Crippen molar-refractivity contribution in [1.29, 1.82) is 0 Å². The van der Waals surface area contributed by atoms with E-state index in [2.05, 4.69) is 148 Å². The predicted octanol–water partition coefficient (Wildman–Crippen LogP) is 7.71. The summed E-state index contributed by atoms with van der Waals surface area (Å²) in [5.41, 5.74) is 5.33. The van der Waals surface area contributed by atoms with Crippen molar-refractivity contribution in [2.24, 2.45) is 0 Å². The number of aromatic nitrogens is 3. The SMILES string of the molecule is c1ccc([Si](c2ccccc2)(c2cccc(-n3c4ccccc4n4c5ccccc5nc34)c2)c2cccc3c2Oc2ccccc2O3)cc1. The Labute approximate surface area is 283 Å². The average molecular weight is 648 g/mol. The van der Waals surface area contributed by atoms with Gasteiger partial charge in [-0.1, -0.05) is 121 Å². The molecule has 0 atom stereocenters. The first-order valence-electron chi connectivity index (χ1n) is 16.5. The van der Waals surface area contributed by atoms with Crippen LogP contribution in [-0.4, -0.2) is 22.0 Å². The standard InChI is InChI=1S/C43H29N3O2Si/c1-3-16-31(17-4-1)49(32-18-5-2-6-19-32,41-28-14-27-40-42(41)48-39-26-12-11-25-38(39)47-40)33-20-13-15-30(29-33)45-36-23-9-10-24-37(36)46-35-22-8-7-21-34(35)44-43(45)46/h1-29H. The number of ether oxygens (including phenoxy) is 2. The molecule has 232 valence electrons. The normalized spacial score (nSPS) is 12.4. The lowest BCUT2D eigenvalue weighted by Crippen LogP contribution is -2.75. The largest absolute Gasteiger partial charge is 0.450 e. The van der Waals surface area contributed by atoms with E-state index in [1.165, 1.54) is 15.6 Å². The third kappa shape index (κ3) is 4.08. The zero-order valence-electron chi connectivity index (χ0n) is 26.4. The maximum absolute atomic E-state index is 6.82. The highest BCUT2D eigenvalue weighted by molar-refractivity contribution is 7.20. The summed E-state index contributed by atoms with van der Waals surface area (Å²) in [7, 11) is -3.06. The lowest BCUT2D eigenvalue weighted by Gasteiger charge is -2.36. The summed E-state index contributed by atoms with van der Waals surface area (Å²) in [5, 5.41) is 4.86. The fraction of sp³-hybridized carbons (Fsp3) is 0. The smallest absolute Gasteiger partial charge is 0.220 e. The number of nitrogens with zero attached hydrogens (tertiary/aromatic N) is 3. The molecular formula is C43H29N3O2Si. The number of fused-ring (bicyclic) bond motifs is 7. The quantitative estimate of drug-likeness (QED) is 0.142. The summed E-state index contributed by atoms with van der Waals surface area (Å²) in [6, 6.07) is 62.0. The second-order valence-corrected chi connectivity index (χ2v) is 16.1. The van der Waals surface area contributed by atoms with Crippen LogP contribution in [0.15, 0.2) is 176 Å². The van der Waals surface area contributed by atoms with Crippen LogP contribution in [0.3, 0.4) is 0 Å². The van der Waals surface area contributed by atoms with E-state index in [4.69, 9.17) is 14.5 Å². The summed E-state index contributed by atoms with van der Waals surface area (Å²) >= 11 is 0. The molecule has 1 aliphatic rings. The lowest BCUT2D eigenvalue weighted by atomic mass is 10.2. The minimum absolute atomic E-state index is 0.716. The maximum atomic E-state index is 6.82. The van der Waals surface area contributed by atoms with Crippen LogP contribution in [0.4, 0.5) is 0 Å². The minimum atomic E-state index is -3.06. The number of hydrogen-bond donors (Lipinski definition) is 0. The molecule has 10 rings (SSSR count). The number of para-hydroxylation sites is 7. The lowest BCUT2D eigenvalue weighted by molar-refractivity contribution is 0.362. The fourth-order valence-electron chi connectivity index (χ4n) is 7.67. The van der Waals surface area contributed by atoms with E-state index in [-0.39, 0.29) is 0 Å². The minimum Gasteiger partial charge on any atom is -0.450 e. The molecule has 0 spiro atoms. The van der Waals surface area contributed by atoms with E-state index in [0.29, 0.717) is 5.75 Å². The summed E-state index contributed by atoms with van der Waals surface area (Å²) in [6.45, 7) is 0. The third-order valence-corrected chi connectivity index (χ3v) is 14.5. The maximum Gasteiger partial charge on any atom is 0.220 e. The predicted molar refractivity (Wildman–Crippen MR) is 200 cm³/mol. The summed E-state index contributed by atoms with van der Waals surface area (Å²) < 4.78 is 17.9. The Bertz CT molecular complexity index is 2640. The summed E-state index contributed by atoms with van der Waals surface area (Å²) in [6.07, 6.45) is 0. The molecule has 0 saturated heterocycles. The van der Waals surface area contributed by atoms with Gasteiger partial charge in [-0.2, -0.15) is 0 Å². The monoisotopic (exact) mass is 647 g/mol. The molecule has 3 heterocycles. The van der Waals surface area contributed by atoms with Crippen molar-refractivity contribution in [3.05, 3.63) is 176 Å². The van der Waals surface area contributed by atoms with Crippen LogP contribution in [-0.2, 0) is 0 Å². The molecule has 9 aromatic rings. The number of imidazole rings is 2. The molecular weight excluding hydrogens is 619 g/mol. The molecule has 49 heavy (non-hydrogen) atoms. The first-order valence-corrected chi connectivity index (χ1v) is 18.5. The summed E-state index contributed by atoms with van der Waals surface area (Å²) in [5.74, 6) is 3.80. The topological polar surface area (TPSA) is 40.7 Å². The first-order chi connectivity index (χ1) is 24.3. The van der Waals surface area contributed by atoms with E-state index in [0.717, 1.165) is 56.0 Å². The molecule has 7 aromatic carbocycles. The zero-order valence-corrected chi connectivity index (χ0v) is 27.4. The molecule has 0 bridgehead atoms. The average Bonchev–Trinajstić information content (AvgIpc) is 3.70. The van der Waals surface area contributed by atoms with Gasteiger partial charge in [-0.3, -0.25) is 8.97 Å². The van der Waals surface area contributed by atoms with Gasteiger partial charge in [0.05, 0.1) is 22.1 Å². The second-order valence-electron chi connectivity index (χ2n) is 12.4. The van der Waals surface area contributed by atoms with Gasteiger partial charge in [-0.25, -0.2) is 4.98 Å². The van der Waals surface area contributed by atoms with Crippen LogP contribution in [0.2, 0.25) is 0 Å². The number of hydrogen-bond acceptors (Lipinski definition) is 3. The Morgan fingerprint density at radius 3 is 1.78 bits per heavy atom. The van der Waals surface area contributed by atoms with Crippen LogP contribution >= 0.6 is 0 Å². The first kappa shape index (κ1) is 27.7. The number of rotatable bonds is 5. The van der Waals surface area contributed by atoms with Gasteiger partial charge in [0, 0.05) is 10.9 Å². The molecule has 0 saturated carbocycles. The van der Waals surface area contributed by atoms with Crippen molar-refractivity contribution in [3.63, 3.8) is 0 Å². The van der Waals surface area contributed by atoms with Crippen LogP contribution in [0, 0.1) is 0 Å². The van der Waals surface area contributed by atoms with Gasteiger partial charge in [-0.05, 0) is 70.2 Å². The molecule has 0 N–H and O–H groups in total. The molecule has 0 radical (unpaired) electrons. The van der Waals surface area contributed by atoms with Crippen molar-refractivity contribution in [3.8, 4) is 28.7 Å². The zero-order chi connectivity index (χ0) is 32.4. The highest BCUT2D eigenvalue weighted by Crippen LogP contribution is 2.44. The van der Waals surface area contributed by atoms with Gasteiger partial charge < -0.3 is 9.47 Å². The van der Waals surface area contributed by atoms with Crippen LogP contribution in [0.1, 0.15) is 0 Å². The van der Waals surface area contributed by atoms with E-state index < -0.39 is 8.07 Å². The van der Waals surface area contributed by atoms with Crippen molar-refractivity contribution in [2.75, 3.05) is 0 Å². The molecule has 2 aromatic heterocycles. The second kappa shape index (κ2) is 10.8. The Morgan fingerprint density at radius 2 is 1.02 bits per heavy atom. The Morgan fingerprint density at radius 1 is 0.449 bits per heavy atom. The Balaban J connectivity index is 1.30. The van der Waals surface area contributed by atoms with Crippen molar-refractivity contribution >= 4 is 56.7 Å². The van der Waals surface area contributed by atoms with Crippen molar-refractivity contribution in [1.82, 2.24) is 14.0 Å². The van der Waals surface area contributed by atoms with Crippen LogP contribution in [0.5, 0.6) is 23.0 Å². The molecule has 0 fully saturated rings. The number of benzene rings is 7. The van der Waals surface area contributed by atoms with Gasteiger partial charge in [0.15, 0.2) is 31.1 Å². The summed E-state index contributed by atoms with van der Waals surface area (Å²) in [4.78, 5) is 5.17. The van der Waals surface area contributed by atoms with Gasteiger partial charge in [0.1, 0.15) is 0 Å². The fourth-order valence-corrected chi connectivity index (χ4v) is 12.6. The molecule has 0 unspecified atom stereocenters. The molecule has 6 heteroatoms. The van der Waals surface area contributed by atoms with Crippen molar-refractivity contribution in [2.45, 2.75) is 0 Å². The van der Waals surface area contributed by atoms with E-state index >= 15 is 0 Å².